The summed E-state index contributed by atoms with van der Waals surface area (Å²) in [6.45, 7) is 2.74. The van der Waals surface area contributed by atoms with Gasteiger partial charge in [0.1, 0.15) is 30.5 Å². The number of carbonyl (C=O) groups is 1. The average Bonchev–Trinajstić information content (AvgIpc) is 3.01. The molecular weight excluding hydrogens is 566 g/mol. The molecule has 0 radical (unpaired) electrons. The molecule has 1 saturated heterocycles. The molecule has 1 amide bonds. The number of aliphatic hydroxyl groups excluding tert-OH is 6. The highest BCUT2D eigenvalue weighted by atomic mass is 16.7. The van der Waals surface area contributed by atoms with Gasteiger partial charge in [0.15, 0.2) is 6.29 Å². The number of carbonyl (C=O) groups excluding carboxylic acids is 1. The van der Waals surface area contributed by atoms with E-state index in [1.165, 1.54) is 110 Å². The van der Waals surface area contributed by atoms with Crippen LogP contribution in [0.2, 0.25) is 0 Å². The van der Waals surface area contributed by atoms with Crippen LogP contribution in [0.15, 0.2) is 0 Å². The van der Waals surface area contributed by atoms with Gasteiger partial charge in [0.25, 0.3) is 0 Å². The van der Waals surface area contributed by atoms with Gasteiger partial charge < -0.3 is 45.4 Å². The summed E-state index contributed by atoms with van der Waals surface area (Å²) in [7, 11) is 0. The Kier molecular flexibility index (Phi) is 24.6. The summed E-state index contributed by atoms with van der Waals surface area (Å²) in [5, 5.41) is 62.3. The van der Waals surface area contributed by atoms with Crippen molar-refractivity contribution in [1.29, 1.82) is 0 Å². The lowest BCUT2D eigenvalue weighted by Gasteiger charge is -2.40. The van der Waals surface area contributed by atoms with Crippen LogP contribution in [-0.2, 0) is 14.3 Å². The van der Waals surface area contributed by atoms with Gasteiger partial charge in [-0.2, -0.15) is 0 Å². The van der Waals surface area contributed by atoms with E-state index < -0.39 is 55.6 Å². The summed E-state index contributed by atoms with van der Waals surface area (Å²) in [5.74, 6) is -0.283. The monoisotopic (exact) mass is 633 g/mol. The van der Waals surface area contributed by atoms with E-state index in [1.54, 1.807) is 0 Å². The first-order valence-electron chi connectivity index (χ1n) is 17.8. The Bertz CT molecular complexity index is 681. The molecule has 0 aliphatic carbocycles. The minimum Gasteiger partial charge on any atom is -0.394 e. The lowest BCUT2D eigenvalue weighted by Crippen LogP contribution is -2.60. The standard InChI is InChI=1S/C34H67NO9/c1-3-4-5-6-7-8-9-10-11-12-13-14-15-16-17-18-19-20-21-22-23-29(38)35-27(30(39)26(2)37)25-43-34-33(42)32(41)31(40)28(24-36)44-34/h26-28,30-34,36-37,39-42H,3-25H2,1-2H3,(H,35,38)/t26-,27+,28?,30-,31?,32?,33?,34?/m1/s1. The largest absolute Gasteiger partial charge is 0.394 e. The van der Waals surface area contributed by atoms with Gasteiger partial charge in [0.2, 0.25) is 5.91 Å². The normalized spacial score (nSPS) is 24.2. The van der Waals surface area contributed by atoms with Crippen molar-refractivity contribution in [3.63, 3.8) is 0 Å². The lowest BCUT2D eigenvalue weighted by atomic mass is 9.99. The SMILES string of the molecule is CCCCCCCCCCCCCCCCCCCCCCC(=O)N[C@@H](COC1OC(CO)C(O)C(O)C1O)[C@H](O)[C@@H](C)O. The van der Waals surface area contributed by atoms with E-state index in [0.29, 0.717) is 0 Å². The first kappa shape index (κ1) is 41.2. The summed E-state index contributed by atoms with van der Waals surface area (Å²) >= 11 is 0. The molecule has 1 fully saturated rings. The molecule has 8 atom stereocenters. The first-order chi connectivity index (χ1) is 21.2. The van der Waals surface area contributed by atoms with Crippen LogP contribution in [-0.4, -0.2) is 98.7 Å². The van der Waals surface area contributed by atoms with E-state index in [0.717, 1.165) is 25.7 Å². The van der Waals surface area contributed by atoms with Crippen molar-refractivity contribution in [2.45, 2.75) is 198 Å². The Morgan fingerprint density at radius 3 is 1.55 bits per heavy atom. The van der Waals surface area contributed by atoms with Gasteiger partial charge in [-0.15, -0.1) is 0 Å². The van der Waals surface area contributed by atoms with Crippen molar-refractivity contribution in [1.82, 2.24) is 5.32 Å². The quantitative estimate of drug-likeness (QED) is 0.0623. The topological polar surface area (TPSA) is 169 Å². The van der Waals surface area contributed by atoms with Crippen LogP contribution in [0, 0.1) is 0 Å². The second-order valence-corrected chi connectivity index (χ2v) is 12.9. The molecule has 10 heteroatoms. The second kappa shape index (κ2) is 26.2. The molecule has 0 spiro atoms. The van der Waals surface area contributed by atoms with Crippen molar-refractivity contribution < 1.29 is 44.9 Å². The fraction of sp³-hybridized carbons (Fsp3) is 0.971. The average molecular weight is 634 g/mol. The maximum Gasteiger partial charge on any atom is 0.220 e. The number of nitrogens with one attached hydrogen (secondary N) is 1. The molecule has 0 saturated carbocycles. The zero-order valence-electron chi connectivity index (χ0n) is 27.8. The van der Waals surface area contributed by atoms with E-state index in [4.69, 9.17) is 9.47 Å². The summed E-state index contributed by atoms with van der Waals surface area (Å²) in [6.07, 6.45) is 16.3. The molecule has 1 rings (SSSR count). The number of amides is 1. The third-order valence-electron chi connectivity index (χ3n) is 8.80. The summed E-state index contributed by atoms with van der Waals surface area (Å²) < 4.78 is 10.8. The molecule has 10 nitrogen and oxygen atoms in total. The molecule has 262 valence electrons. The zero-order valence-corrected chi connectivity index (χ0v) is 27.8. The Balaban J connectivity index is 2.08. The van der Waals surface area contributed by atoms with E-state index in [2.05, 4.69) is 12.2 Å². The lowest BCUT2D eigenvalue weighted by molar-refractivity contribution is -0.303. The molecular formula is C34H67NO9. The van der Waals surface area contributed by atoms with Gasteiger partial charge >= 0.3 is 0 Å². The van der Waals surface area contributed by atoms with Crippen LogP contribution >= 0.6 is 0 Å². The fourth-order valence-electron chi connectivity index (χ4n) is 5.79. The van der Waals surface area contributed by atoms with Crippen LogP contribution in [0.4, 0.5) is 0 Å². The number of rotatable bonds is 28. The molecule has 0 bridgehead atoms. The summed E-state index contributed by atoms with van der Waals surface area (Å²) in [6, 6.07) is -0.986. The van der Waals surface area contributed by atoms with E-state index in [9.17, 15) is 35.4 Å². The van der Waals surface area contributed by atoms with E-state index in [1.807, 2.05) is 0 Å². The molecule has 7 N–H and O–H groups in total. The van der Waals surface area contributed by atoms with Crippen molar-refractivity contribution in [2.75, 3.05) is 13.2 Å². The van der Waals surface area contributed by atoms with E-state index >= 15 is 0 Å². The minimum absolute atomic E-state index is 0.280. The molecule has 1 heterocycles. The van der Waals surface area contributed by atoms with Crippen molar-refractivity contribution in [3.05, 3.63) is 0 Å². The van der Waals surface area contributed by atoms with Gasteiger partial charge in [0, 0.05) is 6.42 Å². The van der Waals surface area contributed by atoms with Gasteiger partial charge in [0.05, 0.1) is 25.4 Å². The van der Waals surface area contributed by atoms with Gasteiger partial charge in [-0.05, 0) is 13.3 Å². The Morgan fingerprint density at radius 1 is 0.705 bits per heavy atom. The fourth-order valence-corrected chi connectivity index (χ4v) is 5.79. The molecule has 0 aromatic heterocycles. The smallest absolute Gasteiger partial charge is 0.220 e. The predicted molar refractivity (Wildman–Crippen MR) is 172 cm³/mol. The molecule has 5 unspecified atom stereocenters. The van der Waals surface area contributed by atoms with Crippen LogP contribution in [0.25, 0.3) is 0 Å². The van der Waals surface area contributed by atoms with Crippen molar-refractivity contribution in [2.24, 2.45) is 0 Å². The molecule has 0 aromatic rings. The first-order valence-corrected chi connectivity index (χ1v) is 17.8. The number of hydrogen-bond donors (Lipinski definition) is 7. The van der Waals surface area contributed by atoms with Gasteiger partial charge in [-0.1, -0.05) is 129 Å². The third-order valence-corrected chi connectivity index (χ3v) is 8.80. The molecule has 0 aromatic carbocycles. The zero-order chi connectivity index (χ0) is 32.6. The summed E-state index contributed by atoms with van der Waals surface area (Å²) in [5.41, 5.74) is 0. The minimum atomic E-state index is -1.60. The number of aliphatic hydroxyl groups is 6. The third kappa shape index (κ3) is 18.3. The second-order valence-electron chi connectivity index (χ2n) is 12.9. The maximum atomic E-state index is 12.5. The molecule has 1 aliphatic heterocycles. The van der Waals surface area contributed by atoms with Crippen LogP contribution in [0.3, 0.4) is 0 Å². The highest BCUT2D eigenvalue weighted by Crippen LogP contribution is 2.22. The predicted octanol–water partition coefficient (Wildman–Crippen LogP) is 4.24. The highest BCUT2D eigenvalue weighted by molar-refractivity contribution is 5.76. The van der Waals surface area contributed by atoms with Crippen LogP contribution in [0.1, 0.15) is 149 Å². The van der Waals surface area contributed by atoms with Crippen molar-refractivity contribution in [3.8, 4) is 0 Å². The summed E-state index contributed by atoms with van der Waals surface area (Å²) in [4.78, 5) is 12.5. The Labute approximate surface area is 266 Å². The van der Waals surface area contributed by atoms with Gasteiger partial charge in [-0.3, -0.25) is 4.79 Å². The molecule has 1 aliphatic rings. The van der Waals surface area contributed by atoms with Crippen LogP contribution < -0.4 is 5.32 Å². The van der Waals surface area contributed by atoms with Crippen molar-refractivity contribution >= 4 is 5.91 Å². The molecule has 44 heavy (non-hydrogen) atoms. The number of hydrogen-bond acceptors (Lipinski definition) is 9. The van der Waals surface area contributed by atoms with Crippen LogP contribution in [0.5, 0.6) is 0 Å². The highest BCUT2D eigenvalue weighted by Gasteiger charge is 2.44. The Morgan fingerprint density at radius 2 is 1.14 bits per heavy atom. The van der Waals surface area contributed by atoms with E-state index in [-0.39, 0.29) is 18.9 Å². The van der Waals surface area contributed by atoms with Gasteiger partial charge in [-0.25, -0.2) is 0 Å². The number of unbranched alkanes of at least 4 members (excludes halogenated alkanes) is 19. The maximum absolute atomic E-state index is 12.5. The number of ether oxygens (including phenoxy) is 2. The Hall–Kier alpha value is -0.850.